The van der Waals surface area contributed by atoms with Crippen LogP contribution in [0.4, 0.5) is 0 Å². The summed E-state index contributed by atoms with van der Waals surface area (Å²) in [6, 6.07) is 6.54. The molecule has 0 saturated heterocycles. The minimum atomic E-state index is 0.00546. The molecular weight excluding hydrogens is 160 g/mol. The highest BCUT2D eigenvalue weighted by molar-refractivity contribution is 5.36. The summed E-state index contributed by atoms with van der Waals surface area (Å²) in [4.78, 5) is 0. The summed E-state index contributed by atoms with van der Waals surface area (Å²) in [5.41, 5.74) is 15.5. The van der Waals surface area contributed by atoms with Crippen LogP contribution in [0.5, 0.6) is 0 Å². The largest absolute Gasteiger partial charge is 0.329 e. The van der Waals surface area contributed by atoms with Gasteiger partial charge in [0.05, 0.1) is 0 Å². The first-order valence-electron chi connectivity index (χ1n) is 4.88. The van der Waals surface area contributed by atoms with E-state index in [1.165, 1.54) is 36.0 Å². The summed E-state index contributed by atoms with van der Waals surface area (Å²) in [5, 5.41) is 0. The molecule has 0 unspecified atom stereocenters. The molecular formula is C11H16N2. The molecule has 2 nitrogen and oxygen atoms in total. The summed E-state index contributed by atoms with van der Waals surface area (Å²) < 4.78 is 0. The van der Waals surface area contributed by atoms with E-state index in [1.54, 1.807) is 0 Å². The minimum Gasteiger partial charge on any atom is -0.329 e. The lowest BCUT2D eigenvalue weighted by molar-refractivity contribution is 0.736. The van der Waals surface area contributed by atoms with Crippen molar-refractivity contribution < 1.29 is 0 Å². The van der Waals surface area contributed by atoms with Gasteiger partial charge in [-0.2, -0.15) is 0 Å². The Hall–Kier alpha value is -0.860. The summed E-state index contributed by atoms with van der Waals surface area (Å²) in [5.74, 6) is 0. The van der Waals surface area contributed by atoms with Crippen LogP contribution in [0.15, 0.2) is 18.2 Å². The molecule has 1 aliphatic rings. The Balaban J connectivity index is 2.30. The van der Waals surface area contributed by atoms with Gasteiger partial charge in [-0.25, -0.2) is 0 Å². The van der Waals surface area contributed by atoms with Crippen molar-refractivity contribution in [2.75, 3.05) is 6.54 Å². The maximum atomic E-state index is 5.86. The molecule has 13 heavy (non-hydrogen) atoms. The van der Waals surface area contributed by atoms with Crippen molar-refractivity contribution in [1.82, 2.24) is 0 Å². The fraction of sp³-hybridized carbons (Fsp3) is 0.455. The van der Waals surface area contributed by atoms with Crippen molar-refractivity contribution in [3.05, 3.63) is 34.9 Å². The molecule has 1 aromatic rings. The fourth-order valence-electron chi connectivity index (χ4n) is 1.96. The van der Waals surface area contributed by atoms with Gasteiger partial charge in [-0.15, -0.1) is 0 Å². The van der Waals surface area contributed by atoms with Gasteiger partial charge >= 0.3 is 0 Å². The van der Waals surface area contributed by atoms with E-state index in [2.05, 4.69) is 18.2 Å². The Morgan fingerprint density at radius 3 is 2.77 bits per heavy atom. The maximum Gasteiger partial charge on any atom is 0.0419 e. The first-order chi connectivity index (χ1) is 6.31. The van der Waals surface area contributed by atoms with Crippen LogP contribution in [0.1, 0.15) is 29.2 Å². The zero-order valence-electron chi connectivity index (χ0n) is 7.79. The molecule has 2 rings (SSSR count). The third kappa shape index (κ3) is 1.60. The topological polar surface area (TPSA) is 52.0 Å². The predicted molar refractivity (Wildman–Crippen MR) is 54.4 cm³/mol. The summed E-state index contributed by atoms with van der Waals surface area (Å²) in [6.07, 6.45) is 3.73. The number of aryl methyl sites for hydroxylation is 2. The highest BCUT2D eigenvalue weighted by Gasteiger charge is 2.12. The lowest BCUT2D eigenvalue weighted by atomic mass is 10.0. The van der Waals surface area contributed by atoms with Gasteiger partial charge in [-0.3, -0.25) is 0 Å². The zero-order chi connectivity index (χ0) is 9.26. The van der Waals surface area contributed by atoms with Crippen molar-refractivity contribution in [1.29, 1.82) is 0 Å². The van der Waals surface area contributed by atoms with Crippen LogP contribution in [0.2, 0.25) is 0 Å². The van der Waals surface area contributed by atoms with Crippen molar-refractivity contribution in [2.24, 2.45) is 11.5 Å². The van der Waals surface area contributed by atoms with Gasteiger partial charge < -0.3 is 11.5 Å². The number of hydrogen-bond acceptors (Lipinski definition) is 2. The smallest absolute Gasteiger partial charge is 0.0419 e. The van der Waals surface area contributed by atoms with Crippen molar-refractivity contribution >= 4 is 0 Å². The third-order valence-corrected chi connectivity index (χ3v) is 2.80. The lowest BCUT2D eigenvalue weighted by Gasteiger charge is -2.10. The molecule has 0 heterocycles. The highest BCUT2D eigenvalue weighted by Crippen LogP contribution is 2.24. The number of benzene rings is 1. The SMILES string of the molecule is NC[C@@H](N)c1ccc2c(c1)CCC2. The quantitative estimate of drug-likeness (QED) is 0.709. The normalized spacial score (nSPS) is 17.1. The van der Waals surface area contributed by atoms with Gasteiger partial charge in [0.2, 0.25) is 0 Å². The van der Waals surface area contributed by atoms with Crippen LogP contribution in [-0.4, -0.2) is 6.54 Å². The van der Waals surface area contributed by atoms with E-state index in [-0.39, 0.29) is 6.04 Å². The molecule has 0 aliphatic heterocycles. The van der Waals surface area contributed by atoms with Crippen LogP contribution < -0.4 is 11.5 Å². The van der Waals surface area contributed by atoms with Gasteiger partial charge in [-0.1, -0.05) is 18.2 Å². The van der Waals surface area contributed by atoms with Crippen LogP contribution >= 0.6 is 0 Å². The van der Waals surface area contributed by atoms with E-state index < -0.39 is 0 Å². The fourth-order valence-corrected chi connectivity index (χ4v) is 1.96. The molecule has 0 amide bonds. The first kappa shape index (κ1) is 8.73. The van der Waals surface area contributed by atoms with Crippen molar-refractivity contribution in [3.63, 3.8) is 0 Å². The third-order valence-electron chi connectivity index (χ3n) is 2.80. The van der Waals surface area contributed by atoms with Crippen LogP contribution in [-0.2, 0) is 12.8 Å². The van der Waals surface area contributed by atoms with Crippen molar-refractivity contribution in [2.45, 2.75) is 25.3 Å². The molecule has 2 heteroatoms. The molecule has 0 spiro atoms. The summed E-state index contributed by atoms with van der Waals surface area (Å²) in [7, 11) is 0. The number of hydrogen-bond donors (Lipinski definition) is 2. The van der Waals surface area contributed by atoms with Crippen LogP contribution in [0.3, 0.4) is 0 Å². The van der Waals surface area contributed by atoms with Gasteiger partial charge in [0.15, 0.2) is 0 Å². The Morgan fingerprint density at radius 1 is 1.23 bits per heavy atom. The van der Waals surface area contributed by atoms with Crippen molar-refractivity contribution in [3.8, 4) is 0 Å². The van der Waals surface area contributed by atoms with E-state index >= 15 is 0 Å². The second-order valence-corrected chi connectivity index (χ2v) is 3.72. The van der Waals surface area contributed by atoms with E-state index in [4.69, 9.17) is 11.5 Å². The average molecular weight is 176 g/mol. The molecule has 70 valence electrons. The molecule has 0 aromatic heterocycles. The van der Waals surface area contributed by atoms with E-state index in [9.17, 15) is 0 Å². The van der Waals surface area contributed by atoms with Gasteiger partial charge in [0, 0.05) is 12.6 Å². The van der Waals surface area contributed by atoms with Gasteiger partial charge in [-0.05, 0) is 36.0 Å². The summed E-state index contributed by atoms with van der Waals surface area (Å²) >= 11 is 0. The number of nitrogens with two attached hydrogens (primary N) is 2. The first-order valence-corrected chi connectivity index (χ1v) is 4.88. The molecule has 1 aliphatic carbocycles. The lowest BCUT2D eigenvalue weighted by Crippen LogP contribution is -2.20. The molecule has 1 atom stereocenters. The Kier molecular flexibility index (Phi) is 2.34. The second kappa shape index (κ2) is 3.48. The van der Waals surface area contributed by atoms with Gasteiger partial charge in [0.25, 0.3) is 0 Å². The molecule has 0 saturated carbocycles. The molecule has 0 bridgehead atoms. The predicted octanol–water partition coefficient (Wildman–Crippen LogP) is 1.13. The van der Waals surface area contributed by atoms with Gasteiger partial charge in [0.1, 0.15) is 0 Å². The average Bonchev–Trinajstić information content (AvgIpc) is 2.63. The molecule has 0 fully saturated rings. The number of rotatable bonds is 2. The van der Waals surface area contributed by atoms with E-state index in [0.717, 1.165) is 0 Å². The van der Waals surface area contributed by atoms with E-state index in [1.807, 2.05) is 0 Å². The Labute approximate surface area is 78.9 Å². The monoisotopic (exact) mass is 176 g/mol. The van der Waals surface area contributed by atoms with Crippen LogP contribution in [0, 0.1) is 0 Å². The maximum absolute atomic E-state index is 5.86. The molecule has 0 radical (unpaired) electrons. The Morgan fingerprint density at radius 2 is 2.00 bits per heavy atom. The van der Waals surface area contributed by atoms with E-state index in [0.29, 0.717) is 6.54 Å². The molecule has 1 aromatic carbocycles. The number of fused-ring (bicyclic) bond motifs is 1. The molecule has 4 N–H and O–H groups in total. The Bertz CT molecular complexity index is 307. The standard InChI is InChI=1S/C11H16N2/c12-7-11(13)10-5-4-8-2-1-3-9(8)6-10/h4-6,11H,1-3,7,12-13H2/t11-/m1/s1. The highest BCUT2D eigenvalue weighted by atomic mass is 14.7. The summed E-state index contributed by atoms with van der Waals surface area (Å²) in [6.45, 7) is 0.527. The zero-order valence-corrected chi connectivity index (χ0v) is 7.79. The minimum absolute atomic E-state index is 0.00546. The second-order valence-electron chi connectivity index (χ2n) is 3.72. The van der Waals surface area contributed by atoms with Crippen LogP contribution in [0.25, 0.3) is 0 Å².